The Morgan fingerprint density at radius 2 is 2.00 bits per heavy atom. The lowest BCUT2D eigenvalue weighted by molar-refractivity contribution is 0.103. The maximum Gasteiger partial charge on any atom is 0.267 e. The normalized spacial score (nSPS) is 14.4. The SMILES string of the molecule is [B]c1cc(C)c(NC(=O)c2cnc(Nc3cc(N4CCC(O)CC4)nc(C)n3)s2)c(Cl)c1. The van der Waals surface area contributed by atoms with Crippen LogP contribution in [0.15, 0.2) is 24.4 Å². The van der Waals surface area contributed by atoms with Crippen LogP contribution in [0.5, 0.6) is 0 Å². The highest BCUT2D eigenvalue weighted by molar-refractivity contribution is 7.17. The number of carbonyl (C=O) groups is 1. The molecule has 0 atom stereocenters. The minimum atomic E-state index is -0.309. The molecule has 2 aromatic heterocycles. The zero-order chi connectivity index (χ0) is 22.8. The summed E-state index contributed by atoms with van der Waals surface area (Å²) in [7, 11) is 5.78. The molecular weight excluding hydrogens is 447 g/mol. The number of nitrogens with zero attached hydrogens (tertiary/aromatic N) is 4. The Morgan fingerprint density at radius 1 is 1.25 bits per heavy atom. The first kappa shape index (κ1) is 22.5. The fourth-order valence-corrected chi connectivity index (χ4v) is 4.56. The minimum Gasteiger partial charge on any atom is -0.393 e. The molecule has 164 valence electrons. The molecule has 0 bridgehead atoms. The molecule has 1 fully saturated rings. The number of aliphatic hydroxyl groups excluding tert-OH is 1. The minimum absolute atomic E-state index is 0.251. The van der Waals surface area contributed by atoms with Gasteiger partial charge in [-0.3, -0.25) is 4.79 Å². The van der Waals surface area contributed by atoms with Crippen molar-refractivity contribution in [2.24, 2.45) is 0 Å². The van der Waals surface area contributed by atoms with Gasteiger partial charge in [-0.2, -0.15) is 0 Å². The van der Waals surface area contributed by atoms with Crippen LogP contribution in [0.3, 0.4) is 0 Å². The summed E-state index contributed by atoms with van der Waals surface area (Å²) in [5.41, 5.74) is 1.84. The van der Waals surface area contributed by atoms with E-state index in [1.54, 1.807) is 12.1 Å². The van der Waals surface area contributed by atoms with Crippen molar-refractivity contribution < 1.29 is 9.90 Å². The number of halogens is 1. The number of anilines is 4. The lowest BCUT2D eigenvalue weighted by Crippen LogP contribution is -2.36. The van der Waals surface area contributed by atoms with Crippen LogP contribution in [0.2, 0.25) is 5.02 Å². The topological polar surface area (TPSA) is 103 Å². The third-order valence-electron chi connectivity index (χ3n) is 5.13. The highest BCUT2D eigenvalue weighted by Crippen LogP contribution is 2.28. The van der Waals surface area contributed by atoms with Crippen molar-refractivity contribution in [2.75, 3.05) is 28.6 Å². The molecule has 11 heteroatoms. The average molecular weight is 469 g/mol. The highest BCUT2D eigenvalue weighted by Gasteiger charge is 2.20. The van der Waals surface area contributed by atoms with Crippen molar-refractivity contribution in [3.63, 3.8) is 0 Å². The van der Waals surface area contributed by atoms with Gasteiger partial charge in [-0.25, -0.2) is 15.0 Å². The van der Waals surface area contributed by atoms with Crippen LogP contribution in [-0.4, -0.2) is 53.0 Å². The van der Waals surface area contributed by atoms with Gasteiger partial charge in [0, 0.05) is 19.2 Å². The van der Waals surface area contributed by atoms with Crippen molar-refractivity contribution in [1.29, 1.82) is 0 Å². The van der Waals surface area contributed by atoms with Crippen molar-refractivity contribution in [1.82, 2.24) is 15.0 Å². The monoisotopic (exact) mass is 468 g/mol. The molecule has 8 nitrogen and oxygen atoms in total. The Labute approximate surface area is 196 Å². The van der Waals surface area contributed by atoms with Gasteiger partial charge in [-0.1, -0.05) is 34.5 Å². The van der Waals surface area contributed by atoms with Crippen LogP contribution >= 0.6 is 22.9 Å². The number of thiazole rings is 1. The molecule has 0 aliphatic carbocycles. The van der Waals surface area contributed by atoms with Gasteiger partial charge in [0.25, 0.3) is 5.91 Å². The van der Waals surface area contributed by atoms with Gasteiger partial charge >= 0.3 is 0 Å². The first-order valence-corrected chi connectivity index (χ1v) is 11.4. The lowest BCUT2D eigenvalue weighted by Gasteiger charge is -2.30. The summed E-state index contributed by atoms with van der Waals surface area (Å²) < 4.78 is 0. The number of aryl methyl sites for hydroxylation is 2. The standard InChI is InChI=1S/C21H22BClN6O2S/c1-11-7-13(22)8-15(23)19(11)28-20(31)16-10-24-21(32-16)27-17-9-18(26-12(2)25-17)29-5-3-14(30)4-6-29/h7-10,14,30H,3-6H2,1-2H3,(H,28,31)(H,24,25,26,27). The summed E-state index contributed by atoms with van der Waals surface area (Å²) in [6.45, 7) is 5.14. The molecule has 1 aromatic carbocycles. The van der Waals surface area contributed by atoms with Crippen LogP contribution in [-0.2, 0) is 0 Å². The summed E-state index contributed by atoms with van der Waals surface area (Å²) in [5.74, 6) is 1.71. The van der Waals surface area contributed by atoms with Gasteiger partial charge < -0.3 is 20.6 Å². The van der Waals surface area contributed by atoms with E-state index >= 15 is 0 Å². The van der Waals surface area contributed by atoms with Crippen LogP contribution in [0.25, 0.3) is 0 Å². The molecule has 3 N–H and O–H groups in total. The zero-order valence-corrected chi connectivity index (χ0v) is 19.3. The second-order valence-electron chi connectivity index (χ2n) is 7.68. The van der Waals surface area contributed by atoms with Gasteiger partial charge in [0.05, 0.1) is 23.0 Å². The summed E-state index contributed by atoms with van der Waals surface area (Å²) in [5, 5.41) is 16.6. The summed E-state index contributed by atoms with van der Waals surface area (Å²) in [6.07, 6.45) is 2.69. The molecular formula is C21H22BClN6O2S. The third-order valence-corrected chi connectivity index (χ3v) is 6.34. The van der Waals surface area contributed by atoms with Crippen LogP contribution < -0.4 is 21.0 Å². The molecule has 0 saturated carbocycles. The largest absolute Gasteiger partial charge is 0.393 e. The van der Waals surface area contributed by atoms with E-state index in [0.29, 0.717) is 50.7 Å². The third kappa shape index (κ3) is 5.20. The van der Waals surface area contributed by atoms with Gasteiger partial charge in [0.15, 0.2) is 5.13 Å². The summed E-state index contributed by atoms with van der Waals surface area (Å²) >= 11 is 7.44. The molecule has 4 rings (SSSR count). The van der Waals surface area contributed by atoms with Crippen molar-refractivity contribution in [3.05, 3.63) is 45.7 Å². The number of hydrogen-bond donors (Lipinski definition) is 3. The molecule has 32 heavy (non-hydrogen) atoms. The van der Waals surface area contributed by atoms with Crippen molar-refractivity contribution in [3.8, 4) is 0 Å². The average Bonchev–Trinajstić information content (AvgIpc) is 3.19. The second-order valence-corrected chi connectivity index (χ2v) is 9.12. The number of rotatable bonds is 5. The summed E-state index contributed by atoms with van der Waals surface area (Å²) in [6, 6.07) is 5.20. The van der Waals surface area contributed by atoms with E-state index in [2.05, 4.69) is 30.5 Å². The molecule has 3 aromatic rings. The smallest absolute Gasteiger partial charge is 0.267 e. The fourth-order valence-electron chi connectivity index (χ4n) is 3.52. The fraction of sp³-hybridized carbons (Fsp3) is 0.333. The molecule has 0 unspecified atom stereocenters. The number of carbonyl (C=O) groups excluding carboxylic acids is 1. The van der Waals surface area contributed by atoms with E-state index in [0.717, 1.165) is 24.5 Å². The Hall–Kier alpha value is -2.69. The van der Waals surface area contributed by atoms with E-state index < -0.39 is 0 Å². The number of benzene rings is 1. The Kier molecular flexibility index (Phi) is 6.64. The van der Waals surface area contributed by atoms with E-state index in [9.17, 15) is 9.90 Å². The van der Waals surface area contributed by atoms with E-state index in [1.165, 1.54) is 17.5 Å². The predicted molar refractivity (Wildman–Crippen MR) is 129 cm³/mol. The molecule has 1 aliphatic heterocycles. The number of amides is 1. The quantitative estimate of drug-likeness (QED) is 0.495. The molecule has 0 spiro atoms. The van der Waals surface area contributed by atoms with E-state index in [1.807, 2.05) is 19.9 Å². The molecule has 1 aliphatic rings. The van der Waals surface area contributed by atoms with Gasteiger partial charge in [0.1, 0.15) is 30.2 Å². The molecule has 1 amide bonds. The Bertz CT molecular complexity index is 1130. The zero-order valence-electron chi connectivity index (χ0n) is 17.7. The first-order chi connectivity index (χ1) is 15.3. The van der Waals surface area contributed by atoms with Crippen LogP contribution in [0.4, 0.5) is 22.5 Å². The van der Waals surface area contributed by atoms with Crippen molar-refractivity contribution >= 4 is 64.6 Å². The second kappa shape index (κ2) is 9.44. The van der Waals surface area contributed by atoms with Gasteiger partial charge in [-0.05, 0) is 38.3 Å². The maximum atomic E-state index is 12.7. The molecule has 3 heterocycles. The van der Waals surface area contributed by atoms with Crippen LogP contribution in [0.1, 0.15) is 33.9 Å². The number of aliphatic hydroxyl groups is 1. The van der Waals surface area contributed by atoms with Gasteiger partial charge in [0.2, 0.25) is 0 Å². The lowest BCUT2D eigenvalue weighted by atomic mass is 9.94. The summed E-state index contributed by atoms with van der Waals surface area (Å²) in [4.78, 5) is 28.5. The van der Waals surface area contributed by atoms with Crippen LogP contribution in [0, 0.1) is 13.8 Å². The molecule has 2 radical (unpaired) electrons. The molecule has 1 saturated heterocycles. The van der Waals surface area contributed by atoms with Gasteiger partial charge in [-0.15, -0.1) is 0 Å². The Balaban J connectivity index is 1.47. The Morgan fingerprint density at radius 3 is 2.72 bits per heavy atom. The van der Waals surface area contributed by atoms with Crippen molar-refractivity contribution in [2.45, 2.75) is 32.8 Å². The maximum absolute atomic E-state index is 12.7. The number of hydrogen-bond acceptors (Lipinski definition) is 8. The number of aromatic nitrogens is 3. The highest BCUT2D eigenvalue weighted by atomic mass is 35.5. The number of piperidine rings is 1. The predicted octanol–water partition coefficient (Wildman–Crippen LogP) is 2.95. The van der Waals surface area contributed by atoms with E-state index in [4.69, 9.17) is 19.4 Å². The number of nitrogens with one attached hydrogen (secondary N) is 2. The first-order valence-electron chi connectivity index (χ1n) is 10.2. The van der Waals surface area contributed by atoms with E-state index in [-0.39, 0.29) is 12.0 Å².